The highest BCUT2D eigenvalue weighted by atomic mass is 16.1. The Morgan fingerprint density at radius 1 is 1.29 bits per heavy atom. The summed E-state index contributed by atoms with van der Waals surface area (Å²) in [7, 11) is 0. The average molecular weight is 232 g/mol. The van der Waals surface area contributed by atoms with E-state index in [-0.39, 0.29) is 5.41 Å². The molecule has 0 heterocycles. The molecule has 1 saturated carbocycles. The zero-order chi connectivity index (χ0) is 12.3. The van der Waals surface area contributed by atoms with E-state index >= 15 is 0 Å². The van der Waals surface area contributed by atoms with Crippen LogP contribution in [-0.2, 0) is 4.79 Å². The topological polar surface area (TPSA) is 17.1 Å². The normalized spacial score (nSPS) is 30.1. The monoisotopic (exact) mass is 232 g/mol. The van der Waals surface area contributed by atoms with Gasteiger partial charge in [0.2, 0.25) is 0 Å². The quantitative estimate of drug-likeness (QED) is 0.637. The van der Waals surface area contributed by atoms with Gasteiger partial charge in [0.15, 0.2) is 5.78 Å². The van der Waals surface area contributed by atoms with Crippen LogP contribution in [0.15, 0.2) is 23.3 Å². The molecule has 0 radical (unpaired) electrons. The Kier molecular flexibility index (Phi) is 3.86. The SMILES string of the molecule is CC1=CCCC(C)(CC=C2CCCCC2)C1=O. The lowest BCUT2D eigenvalue weighted by molar-refractivity contribution is -0.124. The fraction of sp³-hybridized carbons (Fsp3) is 0.688. The van der Waals surface area contributed by atoms with Crippen LogP contribution in [0.5, 0.6) is 0 Å². The smallest absolute Gasteiger partial charge is 0.164 e. The van der Waals surface area contributed by atoms with E-state index in [0.717, 1.165) is 24.8 Å². The standard InChI is InChI=1S/C16H24O/c1-13-7-6-11-16(2,15(13)17)12-10-14-8-4-3-5-9-14/h7,10H,3-6,8-9,11-12H2,1-2H3. The molecule has 1 atom stereocenters. The molecular weight excluding hydrogens is 208 g/mol. The molecule has 17 heavy (non-hydrogen) atoms. The first-order valence-corrected chi connectivity index (χ1v) is 7.01. The zero-order valence-electron chi connectivity index (χ0n) is 11.2. The number of rotatable bonds is 2. The molecule has 0 amide bonds. The predicted octanol–water partition coefficient (Wildman–Crippen LogP) is 4.58. The van der Waals surface area contributed by atoms with Gasteiger partial charge < -0.3 is 0 Å². The van der Waals surface area contributed by atoms with Gasteiger partial charge in [-0.2, -0.15) is 0 Å². The van der Waals surface area contributed by atoms with Crippen molar-refractivity contribution in [3.8, 4) is 0 Å². The molecule has 0 aromatic heterocycles. The van der Waals surface area contributed by atoms with Crippen LogP contribution in [0, 0.1) is 5.41 Å². The Morgan fingerprint density at radius 3 is 2.71 bits per heavy atom. The lowest BCUT2D eigenvalue weighted by atomic mass is 9.72. The van der Waals surface area contributed by atoms with E-state index in [1.54, 1.807) is 5.57 Å². The number of carbonyl (C=O) groups is 1. The van der Waals surface area contributed by atoms with Crippen molar-refractivity contribution in [3.05, 3.63) is 23.3 Å². The minimum Gasteiger partial charge on any atom is -0.294 e. The van der Waals surface area contributed by atoms with Gasteiger partial charge in [-0.1, -0.05) is 31.1 Å². The van der Waals surface area contributed by atoms with E-state index in [1.807, 2.05) is 6.92 Å². The van der Waals surface area contributed by atoms with Gasteiger partial charge in [0.1, 0.15) is 0 Å². The van der Waals surface area contributed by atoms with Crippen molar-refractivity contribution in [2.75, 3.05) is 0 Å². The molecule has 0 bridgehead atoms. The summed E-state index contributed by atoms with van der Waals surface area (Å²) in [6, 6.07) is 0. The van der Waals surface area contributed by atoms with Gasteiger partial charge >= 0.3 is 0 Å². The Hall–Kier alpha value is -0.850. The second kappa shape index (κ2) is 5.20. The highest BCUT2D eigenvalue weighted by Gasteiger charge is 2.34. The Balaban J connectivity index is 2.02. The molecule has 0 N–H and O–H groups in total. The number of hydrogen-bond acceptors (Lipinski definition) is 1. The van der Waals surface area contributed by atoms with Gasteiger partial charge in [-0.15, -0.1) is 0 Å². The fourth-order valence-corrected chi connectivity index (χ4v) is 3.06. The van der Waals surface area contributed by atoms with Gasteiger partial charge in [-0.25, -0.2) is 0 Å². The van der Waals surface area contributed by atoms with Crippen LogP contribution in [0.2, 0.25) is 0 Å². The summed E-state index contributed by atoms with van der Waals surface area (Å²) in [5, 5.41) is 0. The van der Waals surface area contributed by atoms with Crippen molar-refractivity contribution in [3.63, 3.8) is 0 Å². The Labute approximate surface area is 105 Å². The van der Waals surface area contributed by atoms with Crippen molar-refractivity contribution >= 4 is 5.78 Å². The summed E-state index contributed by atoms with van der Waals surface area (Å²) in [5.74, 6) is 0.372. The Bertz CT molecular complexity index is 354. The summed E-state index contributed by atoms with van der Waals surface area (Å²) >= 11 is 0. The summed E-state index contributed by atoms with van der Waals surface area (Å²) in [5.41, 5.74) is 2.45. The maximum atomic E-state index is 12.2. The van der Waals surface area contributed by atoms with Crippen LogP contribution in [0.1, 0.15) is 65.2 Å². The van der Waals surface area contributed by atoms with Crippen LogP contribution in [0.25, 0.3) is 0 Å². The maximum absolute atomic E-state index is 12.2. The highest BCUT2D eigenvalue weighted by molar-refractivity contribution is 6.00. The van der Waals surface area contributed by atoms with Crippen LogP contribution in [0.3, 0.4) is 0 Å². The van der Waals surface area contributed by atoms with Crippen molar-refractivity contribution in [1.29, 1.82) is 0 Å². The summed E-state index contributed by atoms with van der Waals surface area (Å²) in [4.78, 5) is 12.2. The predicted molar refractivity (Wildman–Crippen MR) is 71.9 cm³/mol. The third-order valence-corrected chi connectivity index (χ3v) is 4.39. The van der Waals surface area contributed by atoms with Crippen LogP contribution < -0.4 is 0 Å². The van der Waals surface area contributed by atoms with Gasteiger partial charge in [0.05, 0.1) is 0 Å². The largest absolute Gasteiger partial charge is 0.294 e. The molecule has 0 aromatic carbocycles. The van der Waals surface area contributed by atoms with E-state index in [9.17, 15) is 4.79 Å². The molecule has 0 aliphatic heterocycles. The molecule has 94 valence electrons. The molecule has 1 fully saturated rings. The molecule has 1 nitrogen and oxygen atoms in total. The number of hydrogen-bond donors (Lipinski definition) is 0. The summed E-state index contributed by atoms with van der Waals surface area (Å²) in [6.07, 6.45) is 14.1. The molecule has 1 heteroatoms. The van der Waals surface area contributed by atoms with Gasteiger partial charge in [0.25, 0.3) is 0 Å². The second-order valence-electron chi connectivity index (χ2n) is 5.94. The molecule has 0 saturated heterocycles. The molecule has 2 rings (SSSR count). The van der Waals surface area contributed by atoms with Gasteiger partial charge in [-0.3, -0.25) is 4.79 Å². The van der Waals surface area contributed by atoms with E-state index < -0.39 is 0 Å². The summed E-state index contributed by atoms with van der Waals surface area (Å²) in [6.45, 7) is 4.11. The van der Waals surface area contributed by atoms with Gasteiger partial charge in [0, 0.05) is 5.41 Å². The molecular formula is C16H24O. The van der Waals surface area contributed by atoms with E-state index in [0.29, 0.717) is 5.78 Å². The van der Waals surface area contributed by atoms with Crippen LogP contribution in [-0.4, -0.2) is 5.78 Å². The summed E-state index contributed by atoms with van der Waals surface area (Å²) < 4.78 is 0. The molecule has 0 aromatic rings. The lowest BCUT2D eigenvalue weighted by Gasteiger charge is -2.30. The molecule has 2 aliphatic carbocycles. The third-order valence-electron chi connectivity index (χ3n) is 4.39. The van der Waals surface area contributed by atoms with E-state index in [2.05, 4.69) is 19.1 Å². The number of carbonyl (C=O) groups excluding carboxylic acids is 1. The number of ketones is 1. The average Bonchev–Trinajstić information content (AvgIpc) is 2.35. The third kappa shape index (κ3) is 2.88. The minimum atomic E-state index is -0.122. The van der Waals surface area contributed by atoms with Crippen LogP contribution in [0.4, 0.5) is 0 Å². The zero-order valence-corrected chi connectivity index (χ0v) is 11.2. The molecule has 2 aliphatic rings. The first kappa shape index (κ1) is 12.6. The minimum absolute atomic E-state index is 0.122. The van der Waals surface area contributed by atoms with Gasteiger partial charge in [-0.05, 0) is 57.4 Å². The second-order valence-corrected chi connectivity index (χ2v) is 5.94. The van der Waals surface area contributed by atoms with Crippen molar-refractivity contribution in [2.45, 2.75) is 65.2 Å². The van der Waals surface area contributed by atoms with Crippen LogP contribution >= 0.6 is 0 Å². The lowest BCUT2D eigenvalue weighted by Crippen LogP contribution is -2.30. The van der Waals surface area contributed by atoms with Crippen molar-refractivity contribution in [2.24, 2.45) is 5.41 Å². The first-order chi connectivity index (χ1) is 8.12. The highest BCUT2D eigenvalue weighted by Crippen LogP contribution is 2.37. The fourth-order valence-electron chi connectivity index (χ4n) is 3.06. The van der Waals surface area contributed by atoms with Crippen molar-refractivity contribution in [1.82, 2.24) is 0 Å². The maximum Gasteiger partial charge on any atom is 0.164 e. The number of allylic oxidation sites excluding steroid dienone is 4. The Morgan fingerprint density at radius 2 is 2.00 bits per heavy atom. The molecule has 1 unspecified atom stereocenters. The first-order valence-electron chi connectivity index (χ1n) is 7.01. The van der Waals surface area contributed by atoms with Crippen molar-refractivity contribution < 1.29 is 4.79 Å². The van der Waals surface area contributed by atoms with E-state index in [4.69, 9.17) is 0 Å². The molecule has 0 spiro atoms. The van der Waals surface area contributed by atoms with E-state index in [1.165, 1.54) is 32.1 Å². The number of Topliss-reactive ketones (excluding diaryl/α,β-unsaturated/α-hetero) is 1.